The molecule has 1 rings (SSSR count). The van der Waals surface area contributed by atoms with E-state index in [2.05, 4.69) is 51.6 Å². The second kappa shape index (κ2) is 7.28. The summed E-state index contributed by atoms with van der Waals surface area (Å²) in [5, 5.41) is 0. The first-order valence-electron chi connectivity index (χ1n) is 5.80. The van der Waals surface area contributed by atoms with E-state index in [-0.39, 0.29) is 0 Å². The lowest BCUT2D eigenvalue weighted by Gasteiger charge is -2.11. The van der Waals surface area contributed by atoms with Gasteiger partial charge >= 0.3 is 0 Å². The first-order chi connectivity index (χ1) is 7.09. The van der Waals surface area contributed by atoms with Gasteiger partial charge in [-0.05, 0) is 31.7 Å². The summed E-state index contributed by atoms with van der Waals surface area (Å²) in [6, 6.07) is 8.71. The van der Waals surface area contributed by atoms with Crippen LogP contribution in [0.15, 0.2) is 36.4 Å². The molecule has 0 heterocycles. The quantitative estimate of drug-likeness (QED) is 0.601. The van der Waals surface area contributed by atoms with Gasteiger partial charge in [-0.3, -0.25) is 0 Å². The molecule has 1 aromatic carbocycles. The third kappa shape index (κ3) is 5.41. The number of benzene rings is 1. The van der Waals surface area contributed by atoms with Crippen LogP contribution < -0.4 is 0 Å². The standard InChI is InChI=1S/C13H18.C2H6/c1-10(2)8-12(4)13-7-5-6-11(3)9-13;1-2/h5-7,9,12H,1,8H2,2-4H3;1-2H3. The Hall–Kier alpha value is -1.04. The van der Waals surface area contributed by atoms with Crippen LogP contribution in [0.5, 0.6) is 0 Å². The highest BCUT2D eigenvalue weighted by Gasteiger charge is 2.04. The summed E-state index contributed by atoms with van der Waals surface area (Å²) in [5.41, 5.74) is 4.02. The minimum atomic E-state index is 0.595. The van der Waals surface area contributed by atoms with Crippen LogP contribution in [0.2, 0.25) is 0 Å². The van der Waals surface area contributed by atoms with Crippen molar-refractivity contribution < 1.29 is 0 Å². The van der Waals surface area contributed by atoms with Gasteiger partial charge in [0.25, 0.3) is 0 Å². The van der Waals surface area contributed by atoms with Gasteiger partial charge < -0.3 is 0 Å². The van der Waals surface area contributed by atoms with Gasteiger partial charge in [-0.15, -0.1) is 6.58 Å². The minimum Gasteiger partial charge on any atom is -0.100 e. The Kier molecular flexibility index (Phi) is 6.77. The molecule has 0 aliphatic heterocycles. The minimum absolute atomic E-state index is 0.595. The van der Waals surface area contributed by atoms with Crippen LogP contribution in [0.1, 0.15) is 51.2 Å². The zero-order chi connectivity index (χ0) is 11.8. The average Bonchev–Trinajstić information content (AvgIpc) is 2.20. The summed E-state index contributed by atoms with van der Waals surface area (Å²) in [6.45, 7) is 14.4. The Morgan fingerprint density at radius 3 is 2.40 bits per heavy atom. The molecule has 15 heavy (non-hydrogen) atoms. The van der Waals surface area contributed by atoms with E-state index in [0.717, 1.165) is 6.42 Å². The van der Waals surface area contributed by atoms with Crippen LogP contribution in [0, 0.1) is 6.92 Å². The van der Waals surface area contributed by atoms with Gasteiger partial charge in [0.1, 0.15) is 0 Å². The van der Waals surface area contributed by atoms with E-state index in [1.807, 2.05) is 13.8 Å². The molecule has 0 heteroatoms. The topological polar surface area (TPSA) is 0 Å². The predicted octanol–water partition coefficient (Wildman–Crippen LogP) is 5.09. The van der Waals surface area contributed by atoms with Crippen molar-refractivity contribution in [2.75, 3.05) is 0 Å². The summed E-state index contributed by atoms with van der Waals surface area (Å²) in [7, 11) is 0. The second-order valence-corrected chi connectivity index (χ2v) is 3.98. The highest BCUT2D eigenvalue weighted by molar-refractivity contribution is 5.25. The van der Waals surface area contributed by atoms with Crippen molar-refractivity contribution in [3.63, 3.8) is 0 Å². The lowest BCUT2D eigenvalue weighted by atomic mass is 9.94. The van der Waals surface area contributed by atoms with Crippen LogP contribution in [0.4, 0.5) is 0 Å². The lowest BCUT2D eigenvalue weighted by molar-refractivity contribution is 0.752. The molecule has 1 aromatic rings. The summed E-state index contributed by atoms with van der Waals surface area (Å²) in [6.07, 6.45) is 1.09. The van der Waals surface area contributed by atoms with Crippen molar-refractivity contribution in [1.29, 1.82) is 0 Å². The van der Waals surface area contributed by atoms with Gasteiger partial charge in [0.2, 0.25) is 0 Å². The largest absolute Gasteiger partial charge is 0.100 e. The highest BCUT2D eigenvalue weighted by Crippen LogP contribution is 2.22. The van der Waals surface area contributed by atoms with Gasteiger partial charge in [-0.25, -0.2) is 0 Å². The molecule has 0 radical (unpaired) electrons. The van der Waals surface area contributed by atoms with E-state index in [1.165, 1.54) is 16.7 Å². The fourth-order valence-corrected chi connectivity index (χ4v) is 1.62. The van der Waals surface area contributed by atoms with E-state index in [0.29, 0.717) is 5.92 Å². The summed E-state index contributed by atoms with van der Waals surface area (Å²) in [4.78, 5) is 0. The van der Waals surface area contributed by atoms with E-state index >= 15 is 0 Å². The number of hydrogen-bond donors (Lipinski definition) is 0. The van der Waals surface area contributed by atoms with Gasteiger partial charge in [0, 0.05) is 0 Å². The molecule has 0 amide bonds. The van der Waals surface area contributed by atoms with Crippen LogP contribution in [0.3, 0.4) is 0 Å². The zero-order valence-electron chi connectivity index (χ0n) is 10.8. The number of aryl methyl sites for hydroxylation is 1. The van der Waals surface area contributed by atoms with Gasteiger partial charge in [0.05, 0.1) is 0 Å². The van der Waals surface area contributed by atoms with Crippen molar-refractivity contribution in [2.24, 2.45) is 0 Å². The summed E-state index contributed by atoms with van der Waals surface area (Å²) >= 11 is 0. The lowest BCUT2D eigenvalue weighted by Crippen LogP contribution is -1.94. The van der Waals surface area contributed by atoms with Crippen molar-refractivity contribution in [2.45, 2.75) is 47.0 Å². The Bertz CT molecular complexity index is 297. The Balaban J connectivity index is 0.000000921. The molecule has 1 unspecified atom stereocenters. The molecule has 0 fully saturated rings. The molecule has 0 saturated carbocycles. The maximum Gasteiger partial charge on any atom is -0.0153 e. The molecular formula is C15H24. The molecule has 0 spiro atoms. The molecule has 84 valence electrons. The third-order valence-corrected chi connectivity index (χ3v) is 2.27. The molecule has 0 aliphatic carbocycles. The van der Waals surface area contributed by atoms with Crippen LogP contribution >= 0.6 is 0 Å². The second-order valence-electron chi connectivity index (χ2n) is 3.98. The zero-order valence-corrected chi connectivity index (χ0v) is 10.8. The van der Waals surface area contributed by atoms with Gasteiger partial charge in [-0.1, -0.05) is 56.2 Å². The van der Waals surface area contributed by atoms with E-state index in [1.54, 1.807) is 0 Å². The first-order valence-corrected chi connectivity index (χ1v) is 5.80. The smallest absolute Gasteiger partial charge is 0.0153 e. The van der Waals surface area contributed by atoms with Crippen molar-refractivity contribution in [3.05, 3.63) is 47.5 Å². The van der Waals surface area contributed by atoms with E-state index in [4.69, 9.17) is 0 Å². The molecular weight excluding hydrogens is 180 g/mol. The average molecular weight is 204 g/mol. The Morgan fingerprint density at radius 1 is 1.33 bits per heavy atom. The third-order valence-electron chi connectivity index (χ3n) is 2.27. The molecule has 0 saturated heterocycles. The van der Waals surface area contributed by atoms with Crippen molar-refractivity contribution in [1.82, 2.24) is 0 Å². The number of hydrogen-bond acceptors (Lipinski definition) is 0. The molecule has 0 aromatic heterocycles. The Labute approximate surface area is 95.0 Å². The molecule has 0 N–H and O–H groups in total. The van der Waals surface area contributed by atoms with Crippen molar-refractivity contribution in [3.8, 4) is 0 Å². The summed E-state index contributed by atoms with van der Waals surface area (Å²) in [5.74, 6) is 0.595. The van der Waals surface area contributed by atoms with Gasteiger partial charge in [0.15, 0.2) is 0 Å². The molecule has 1 atom stereocenters. The van der Waals surface area contributed by atoms with Crippen LogP contribution in [-0.4, -0.2) is 0 Å². The first kappa shape index (κ1) is 14.0. The van der Waals surface area contributed by atoms with Crippen LogP contribution in [-0.2, 0) is 0 Å². The molecule has 0 bridgehead atoms. The maximum atomic E-state index is 3.94. The maximum absolute atomic E-state index is 3.94. The predicted molar refractivity (Wildman–Crippen MR) is 70.4 cm³/mol. The van der Waals surface area contributed by atoms with Crippen molar-refractivity contribution >= 4 is 0 Å². The monoisotopic (exact) mass is 204 g/mol. The summed E-state index contributed by atoms with van der Waals surface area (Å²) < 4.78 is 0. The SMILES string of the molecule is C=C(C)CC(C)c1cccc(C)c1.CC. The highest BCUT2D eigenvalue weighted by atomic mass is 14.1. The normalized spacial score (nSPS) is 11.3. The van der Waals surface area contributed by atoms with Gasteiger partial charge in [-0.2, -0.15) is 0 Å². The number of rotatable bonds is 3. The molecule has 0 aliphatic rings. The molecule has 0 nitrogen and oxygen atoms in total. The van der Waals surface area contributed by atoms with Crippen LogP contribution in [0.25, 0.3) is 0 Å². The fourth-order valence-electron chi connectivity index (χ4n) is 1.62. The number of allylic oxidation sites excluding steroid dienone is 1. The van der Waals surface area contributed by atoms with E-state index < -0.39 is 0 Å². The Morgan fingerprint density at radius 2 is 1.93 bits per heavy atom. The van der Waals surface area contributed by atoms with E-state index in [9.17, 15) is 0 Å². The fraction of sp³-hybridized carbons (Fsp3) is 0.467.